The number of anilines is 1. The van der Waals surface area contributed by atoms with Crippen molar-refractivity contribution in [2.75, 3.05) is 11.6 Å². The van der Waals surface area contributed by atoms with Crippen LogP contribution in [0.3, 0.4) is 0 Å². The largest absolute Gasteiger partial charge is 0.344 e. The molecule has 2 N–H and O–H groups in total. The second kappa shape index (κ2) is 9.27. The van der Waals surface area contributed by atoms with Crippen LogP contribution in [0.4, 0.5) is 5.69 Å². The number of carbonyl (C=O) groups is 2. The zero-order valence-electron chi connectivity index (χ0n) is 15.7. The molecule has 2 amide bonds. The summed E-state index contributed by atoms with van der Waals surface area (Å²) in [5.41, 5.74) is 0.767. The molecule has 1 aliphatic carbocycles. The van der Waals surface area contributed by atoms with E-state index in [9.17, 15) is 9.59 Å². The third-order valence-electron chi connectivity index (χ3n) is 4.97. The zero-order valence-corrected chi connectivity index (χ0v) is 16.5. The quantitative estimate of drug-likeness (QED) is 0.741. The van der Waals surface area contributed by atoms with Crippen LogP contribution in [0.15, 0.2) is 29.2 Å². The molecule has 1 fully saturated rings. The van der Waals surface area contributed by atoms with Gasteiger partial charge in [0.05, 0.1) is 0 Å². The maximum absolute atomic E-state index is 12.7. The Morgan fingerprint density at radius 3 is 2.44 bits per heavy atom. The SMILES string of the molecule is CSc1cccc(NC(=O)[C@H](NC(=O)C2CCC(C)CC2)C(C)C)c1. The lowest BCUT2D eigenvalue weighted by Crippen LogP contribution is -2.49. The van der Waals surface area contributed by atoms with Gasteiger partial charge < -0.3 is 10.6 Å². The Labute approximate surface area is 155 Å². The van der Waals surface area contributed by atoms with Crippen molar-refractivity contribution < 1.29 is 9.59 Å². The summed E-state index contributed by atoms with van der Waals surface area (Å²) in [6.07, 6.45) is 6.05. The highest BCUT2D eigenvalue weighted by Crippen LogP contribution is 2.28. The molecule has 0 heterocycles. The van der Waals surface area contributed by atoms with E-state index >= 15 is 0 Å². The first-order chi connectivity index (χ1) is 11.9. The molecule has 0 radical (unpaired) electrons. The summed E-state index contributed by atoms with van der Waals surface area (Å²) in [6.45, 7) is 6.17. The van der Waals surface area contributed by atoms with Gasteiger partial charge in [0.1, 0.15) is 6.04 Å². The van der Waals surface area contributed by atoms with Crippen molar-refractivity contribution in [3.05, 3.63) is 24.3 Å². The number of nitrogens with one attached hydrogen (secondary N) is 2. The average Bonchev–Trinajstić information content (AvgIpc) is 2.59. The Morgan fingerprint density at radius 1 is 1.16 bits per heavy atom. The minimum Gasteiger partial charge on any atom is -0.344 e. The molecule has 0 saturated heterocycles. The summed E-state index contributed by atoms with van der Waals surface area (Å²) >= 11 is 1.63. The van der Waals surface area contributed by atoms with Crippen molar-refractivity contribution in [2.45, 2.75) is 57.4 Å². The van der Waals surface area contributed by atoms with E-state index in [4.69, 9.17) is 0 Å². The number of benzene rings is 1. The molecule has 2 rings (SSSR count). The minimum absolute atomic E-state index is 0.0265. The minimum atomic E-state index is -0.509. The molecule has 25 heavy (non-hydrogen) atoms. The smallest absolute Gasteiger partial charge is 0.247 e. The van der Waals surface area contributed by atoms with Crippen LogP contribution >= 0.6 is 11.8 Å². The van der Waals surface area contributed by atoms with Gasteiger partial charge in [-0.05, 0) is 62.0 Å². The lowest BCUT2D eigenvalue weighted by Gasteiger charge is -2.28. The summed E-state index contributed by atoms with van der Waals surface area (Å²) in [5, 5.41) is 5.94. The maximum atomic E-state index is 12.7. The Bertz CT molecular complexity index is 595. The number of hydrogen-bond acceptors (Lipinski definition) is 3. The van der Waals surface area contributed by atoms with Crippen molar-refractivity contribution in [3.8, 4) is 0 Å². The fraction of sp³-hybridized carbons (Fsp3) is 0.600. The standard InChI is InChI=1S/C20H30N2O2S/c1-13(2)18(22-19(23)15-10-8-14(3)9-11-15)20(24)21-16-6-5-7-17(12-16)25-4/h5-7,12-15,18H,8-11H2,1-4H3,(H,21,24)(H,22,23)/t14?,15?,18-/m1/s1. The van der Waals surface area contributed by atoms with Gasteiger partial charge in [0.15, 0.2) is 0 Å². The average molecular weight is 363 g/mol. The van der Waals surface area contributed by atoms with Crippen molar-refractivity contribution in [1.82, 2.24) is 5.32 Å². The monoisotopic (exact) mass is 362 g/mol. The molecule has 0 unspecified atom stereocenters. The van der Waals surface area contributed by atoms with E-state index in [0.29, 0.717) is 5.92 Å². The molecule has 0 bridgehead atoms. The third-order valence-corrected chi connectivity index (χ3v) is 5.70. The molecule has 1 aliphatic rings. The lowest BCUT2D eigenvalue weighted by molar-refractivity contribution is -0.131. The van der Waals surface area contributed by atoms with Crippen LogP contribution in [-0.2, 0) is 9.59 Å². The number of rotatable bonds is 6. The van der Waals surface area contributed by atoms with E-state index in [1.54, 1.807) is 11.8 Å². The van der Waals surface area contributed by atoms with Crippen molar-refractivity contribution >= 4 is 29.3 Å². The van der Waals surface area contributed by atoms with Crippen LogP contribution in [0.1, 0.15) is 46.5 Å². The van der Waals surface area contributed by atoms with Crippen LogP contribution in [-0.4, -0.2) is 24.1 Å². The van der Waals surface area contributed by atoms with Crippen molar-refractivity contribution in [2.24, 2.45) is 17.8 Å². The fourth-order valence-corrected chi connectivity index (χ4v) is 3.71. The van der Waals surface area contributed by atoms with Crippen LogP contribution < -0.4 is 10.6 Å². The number of hydrogen-bond donors (Lipinski definition) is 2. The predicted octanol–water partition coefficient (Wildman–Crippen LogP) is 4.31. The summed E-state index contributed by atoms with van der Waals surface area (Å²) < 4.78 is 0. The Hall–Kier alpha value is -1.49. The van der Waals surface area contributed by atoms with Gasteiger partial charge in [-0.25, -0.2) is 0 Å². The lowest BCUT2D eigenvalue weighted by atomic mass is 9.82. The number of amides is 2. The second-order valence-corrected chi connectivity index (χ2v) is 8.29. The second-order valence-electron chi connectivity index (χ2n) is 7.41. The van der Waals surface area contributed by atoms with E-state index in [1.165, 1.54) is 0 Å². The zero-order chi connectivity index (χ0) is 18.4. The summed E-state index contributed by atoms with van der Waals surface area (Å²) in [4.78, 5) is 26.4. The molecule has 138 valence electrons. The van der Waals surface area contributed by atoms with Gasteiger partial charge in [0.25, 0.3) is 0 Å². The van der Waals surface area contributed by atoms with Crippen molar-refractivity contribution in [1.29, 1.82) is 0 Å². The summed E-state index contributed by atoms with van der Waals surface area (Å²) in [6, 6.07) is 7.24. The van der Waals surface area contributed by atoms with Gasteiger partial charge >= 0.3 is 0 Å². The Kier molecular flexibility index (Phi) is 7.36. The maximum Gasteiger partial charge on any atom is 0.247 e. The van der Waals surface area contributed by atoms with Crippen LogP contribution in [0.25, 0.3) is 0 Å². The highest BCUT2D eigenvalue weighted by atomic mass is 32.2. The van der Waals surface area contributed by atoms with E-state index in [0.717, 1.165) is 36.3 Å². The molecule has 4 nitrogen and oxygen atoms in total. The van der Waals surface area contributed by atoms with E-state index in [1.807, 2.05) is 44.4 Å². The number of thioether (sulfide) groups is 1. The van der Waals surface area contributed by atoms with Gasteiger partial charge in [0.2, 0.25) is 11.8 Å². The molecule has 1 aromatic rings. The van der Waals surface area contributed by atoms with Gasteiger partial charge in [-0.15, -0.1) is 11.8 Å². The molecule has 0 spiro atoms. The molecule has 1 saturated carbocycles. The Morgan fingerprint density at radius 2 is 1.84 bits per heavy atom. The van der Waals surface area contributed by atoms with Crippen molar-refractivity contribution in [3.63, 3.8) is 0 Å². The highest BCUT2D eigenvalue weighted by molar-refractivity contribution is 7.98. The van der Waals surface area contributed by atoms with Crippen LogP contribution in [0.2, 0.25) is 0 Å². The predicted molar refractivity (Wildman–Crippen MR) is 105 cm³/mol. The van der Waals surface area contributed by atoms with Gasteiger partial charge in [-0.2, -0.15) is 0 Å². The van der Waals surface area contributed by atoms with E-state index in [2.05, 4.69) is 17.6 Å². The summed E-state index contributed by atoms with van der Waals surface area (Å²) in [5.74, 6) is 0.668. The van der Waals surface area contributed by atoms with Crippen LogP contribution in [0.5, 0.6) is 0 Å². The van der Waals surface area contributed by atoms with Gasteiger partial charge in [-0.1, -0.05) is 26.8 Å². The van der Waals surface area contributed by atoms with Crippen LogP contribution in [0, 0.1) is 17.8 Å². The summed E-state index contributed by atoms with van der Waals surface area (Å²) in [7, 11) is 0. The first kappa shape index (κ1) is 19.8. The normalized spacial score (nSPS) is 21.6. The number of carbonyl (C=O) groups excluding carboxylic acids is 2. The van der Waals surface area contributed by atoms with E-state index in [-0.39, 0.29) is 23.7 Å². The molecular formula is C20H30N2O2S. The highest BCUT2D eigenvalue weighted by Gasteiger charge is 2.29. The molecular weight excluding hydrogens is 332 g/mol. The van der Waals surface area contributed by atoms with Gasteiger partial charge in [-0.3, -0.25) is 9.59 Å². The molecule has 1 aromatic carbocycles. The molecule has 5 heteroatoms. The molecule has 1 atom stereocenters. The first-order valence-corrected chi connectivity index (χ1v) is 10.4. The fourth-order valence-electron chi connectivity index (χ4n) is 3.25. The Balaban J connectivity index is 1.99. The molecule has 0 aliphatic heterocycles. The third kappa shape index (κ3) is 5.77. The van der Waals surface area contributed by atoms with E-state index < -0.39 is 6.04 Å². The molecule has 0 aromatic heterocycles. The van der Waals surface area contributed by atoms with Gasteiger partial charge in [0, 0.05) is 16.5 Å². The first-order valence-electron chi connectivity index (χ1n) is 9.16. The topological polar surface area (TPSA) is 58.2 Å².